The van der Waals surface area contributed by atoms with E-state index in [9.17, 15) is 0 Å². The second-order valence-corrected chi connectivity index (χ2v) is 3.61. The highest BCUT2D eigenvalue weighted by molar-refractivity contribution is 14.1. The standard InChI is InChI=1S/C3H6ClIO/c1-6-2-3(4)5/h3H,2H2,1H3. The summed E-state index contributed by atoms with van der Waals surface area (Å²) in [5.41, 5.74) is 0. The number of hydrogen-bond donors (Lipinski definition) is 0. The lowest BCUT2D eigenvalue weighted by molar-refractivity contribution is 0.215. The van der Waals surface area contributed by atoms with Gasteiger partial charge in [-0.25, -0.2) is 0 Å². The molecule has 1 atom stereocenters. The van der Waals surface area contributed by atoms with Gasteiger partial charge in [-0.1, -0.05) is 22.6 Å². The smallest absolute Gasteiger partial charge is 0.108 e. The Kier molecular flexibility index (Phi) is 4.82. The van der Waals surface area contributed by atoms with E-state index in [0.29, 0.717) is 6.61 Å². The number of alkyl halides is 2. The number of halogens is 2. The molecule has 0 aromatic heterocycles. The number of ether oxygens (including phenoxy) is 1. The maximum Gasteiger partial charge on any atom is 0.108 e. The fourth-order valence-corrected chi connectivity index (χ4v) is 0.612. The molecule has 0 aliphatic heterocycles. The summed E-state index contributed by atoms with van der Waals surface area (Å²) < 4.78 is 4.78. The maximum atomic E-state index is 5.44. The third-order valence-corrected chi connectivity index (χ3v) is 0.778. The van der Waals surface area contributed by atoms with Gasteiger partial charge in [0, 0.05) is 7.11 Å². The van der Waals surface area contributed by atoms with E-state index in [1.165, 1.54) is 0 Å². The topological polar surface area (TPSA) is 9.23 Å². The van der Waals surface area contributed by atoms with Gasteiger partial charge in [-0.2, -0.15) is 0 Å². The molecule has 1 nitrogen and oxygen atoms in total. The van der Waals surface area contributed by atoms with E-state index < -0.39 is 0 Å². The fourth-order valence-electron chi connectivity index (χ4n) is 0.126. The van der Waals surface area contributed by atoms with E-state index >= 15 is 0 Å². The van der Waals surface area contributed by atoms with Gasteiger partial charge >= 0.3 is 0 Å². The van der Waals surface area contributed by atoms with Crippen molar-refractivity contribution >= 4 is 34.2 Å². The van der Waals surface area contributed by atoms with Crippen molar-refractivity contribution in [2.45, 2.75) is 3.38 Å². The Hall–Kier alpha value is 0.980. The van der Waals surface area contributed by atoms with Crippen molar-refractivity contribution in [3.05, 3.63) is 0 Å². The van der Waals surface area contributed by atoms with E-state index in [2.05, 4.69) is 27.3 Å². The molecule has 0 saturated heterocycles. The van der Waals surface area contributed by atoms with Crippen molar-refractivity contribution in [3.8, 4) is 0 Å². The monoisotopic (exact) mass is 220 g/mol. The minimum absolute atomic E-state index is 0.118. The highest BCUT2D eigenvalue weighted by Gasteiger charge is 1.91. The number of rotatable bonds is 2. The summed E-state index contributed by atoms with van der Waals surface area (Å²) in [6.07, 6.45) is 0. The van der Waals surface area contributed by atoms with Gasteiger partial charge in [0.15, 0.2) is 0 Å². The molecule has 0 aromatic carbocycles. The lowest BCUT2D eigenvalue weighted by atomic mass is 10.9. The molecule has 0 fully saturated rings. The average Bonchev–Trinajstić information content (AvgIpc) is 1.35. The molecule has 0 bridgehead atoms. The summed E-state index contributed by atoms with van der Waals surface area (Å²) >= 11 is 7.52. The molecule has 1 unspecified atom stereocenters. The van der Waals surface area contributed by atoms with Crippen LogP contribution in [0.1, 0.15) is 0 Å². The molecule has 38 valence electrons. The molecule has 0 N–H and O–H groups in total. The molecule has 0 aliphatic rings. The minimum Gasteiger partial charge on any atom is -0.382 e. The van der Waals surface area contributed by atoms with Gasteiger partial charge in [0.1, 0.15) is 3.38 Å². The van der Waals surface area contributed by atoms with E-state index in [1.54, 1.807) is 7.11 Å². The molecule has 0 saturated carbocycles. The van der Waals surface area contributed by atoms with Gasteiger partial charge in [0.05, 0.1) is 6.61 Å². The first-order valence-electron chi connectivity index (χ1n) is 1.54. The first-order valence-corrected chi connectivity index (χ1v) is 3.22. The fraction of sp³-hybridized carbons (Fsp3) is 1.00. The second-order valence-electron chi connectivity index (χ2n) is 0.846. The molecule has 0 amide bonds. The zero-order chi connectivity index (χ0) is 4.99. The Bertz CT molecular complexity index is 32.0. The third kappa shape index (κ3) is 4.98. The summed E-state index contributed by atoms with van der Waals surface area (Å²) in [4.78, 5) is 0. The lowest BCUT2D eigenvalue weighted by Crippen LogP contribution is -1.95. The molecule has 3 heteroatoms. The molecule has 6 heavy (non-hydrogen) atoms. The van der Waals surface area contributed by atoms with Crippen LogP contribution >= 0.6 is 34.2 Å². The Morgan fingerprint density at radius 1 is 2.00 bits per heavy atom. The first kappa shape index (κ1) is 6.98. The first-order chi connectivity index (χ1) is 2.77. The molecule has 0 radical (unpaired) electrons. The molecular weight excluding hydrogens is 214 g/mol. The van der Waals surface area contributed by atoms with E-state index in [1.807, 2.05) is 0 Å². The summed E-state index contributed by atoms with van der Waals surface area (Å²) in [6, 6.07) is 0. The van der Waals surface area contributed by atoms with Crippen LogP contribution in [0.3, 0.4) is 0 Å². The van der Waals surface area contributed by atoms with Crippen molar-refractivity contribution < 1.29 is 4.74 Å². The molecule has 0 heterocycles. The highest BCUT2D eigenvalue weighted by Crippen LogP contribution is 2.03. The van der Waals surface area contributed by atoms with Crippen molar-refractivity contribution in [3.63, 3.8) is 0 Å². The quantitative estimate of drug-likeness (QED) is 0.508. The van der Waals surface area contributed by atoms with Crippen LogP contribution < -0.4 is 0 Å². The summed E-state index contributed by atoms with van der Waals surface area (Å²) in [7, 11) is 1.63. The van der Waals surface area contributed by atoms with Crippen molar-refractivity contribution in [1.29, 1.82) is 0 Å². The molecule has 0 aromatic rings. The van der Waals surface area contributed by atoms with Gasteiger partial charge in [-0.15, -0.1) is 11.6 Å². The Morgan fingerprint density at radius 3 is 2.50 bits per heavy atom. The minimum atomic E-state index is 0.118. The lowest BCUT2D eigenvalue weighted by Gasteiger charge is -1.93. The van der Waals surface area contributed by atoms with Gasteiger partial charge in [-0.3, -0.25) is 0 Å². The Labute approximate surface area is 56.1 Å². The average molecular weight is 220 g/mol. The second kappa shape index (κ2) is 4.15. The Balaban J connectivity index is 2.63. The predicted molar refractivity (Wildman–Crippen MR) is 35.5 cm³/mol. The SMILES string of the molecule is COCC(Cl)I. The van der Waals surface area contributed by atoms with Crippen LogP contribution in [0.4, 0.5) is 0 Å². The van der Waals surface area contributed by atoms with Gasteiger partial charge in [0.2, 0.25) is 0 Å². The van der Waals surface area contributed by atoms with Crippen molar-refractivity contribution in [2.75, 3.05) is 13.7 Å². The summed E-state index contributed by atoms with van der Waals surface area (Å²) in [5, 5.41) is 0. The van der Waals surface area contributed by atoms with Crippen LogP contribution in [0.5, 0.6) is 0 Å². The molecule has 0 aliphatic carbocycles. The zero-order valence-electron chi connectivity index (χ0n) is 3.45. The van der Waals surface area contributed by atoms with E-state index in [-0.39, 0.29) is 3.38 Å². The van der Waals surface area contributed by atoms with Crippen molar-refractivity contribution in [1.82, 2.24) is 0 Å². The summed E-state index contributed by atoms with van der Waals surface area (Å²) in [6.45, 7) is 0.627. The number of hydrogen-bond acceptors (Lipinski definition) is 1. The largest absolute Gasteiger partial charge is 0.382 e. The highest BCUT2D eigenvalue weighted by atomic mass is 127. The van der Waals surface area contributed by atoms with Crippen LogP contribution in [0.15, 0.2) is 0 Å². The van der Waals surface area contributed by atoms with Crippen LogP contribution in [0.25, 0.3) is 0 Å². The van der Waals surface area contributed by atoms with E-state index in [4.69, 9.17) is 11.6 Å². The maximum absolute atomic E-state index is 5.44. The predicted octanol–water partition coefficient (Wildman–Crippen LogP) is 1.63. The van der Waals surface area contributed by atoms with Crippen LogP contribution in [0, 0.1) is 0 Å². The normalized spacial score (nSPS) is 14.5. The molecule has 0 rings (SSSR count). The van der Waals surface area contributed by atoms with Crippen LogP contribution in [-0.2, 0) is 4.74 Å². The van der Waals surface area contributed by atoms with Gasteiger partial charge in [0.25, 0.3) is 0 Å². The van der Waals surface area contributed by atoms with Crippen LogP contribution in [0.2, 0.25) is 0 Å². The Morgan fingerprint density at radius 2 is 2.50 bits per heavy atom. The van der Waals surface area contributed by atoms with E-state index in [0.717, 1.165) is 0 Å². The molecular formula is C3H6ClIO. The number of methoxy groups -OCH3 is 1. The van der Waals surface area contributed by atoms with Gasteiger partial charge in [-0.05, 0) is 0 Å². The zero-order valence-corrected chi connectivity index (χ0v) is 6.36. The molecule has 0 spiro atoms. The summed E-state index contributed by atoms with van der Waals surface area (Å²) in [5.74, 6) is 0. The van der Waals surface area contributed by atoms with Crippen LogP contribution in [-0.4, -0.2) is 17.1 Å². The third-order valence-electron chi connectivity index (χ3n) is 0.293. The van der Waals surface area contributed by atoms with Crippen molar-refractivity contribution in [2.24, 2.45) is 0 Å². The van der Waals surface area contributed by atoms with Gasteiger partial charge < -0.3 is 4.74 Å².